The van der Waals surface area contributed by atoms with E-state index in [0.717, 1.165) is 45.6 Å². The summed E-state index contributed by atoms with van der Waals surface area (Å²) in [6, 6.07) is 0.412. The molecule has 1 saturated carbocycles. The molecule has 124 valence electrons. The van der Waals surface area contributed by atoms with Gasteiger partial charge in [-0.3, -0.25) is 9.59 Å². The molecule has 0 aromatic heterocycles. The average Bonchev–Trinajstić information content (AvgIpc) is 2.54. The van der Waals surface area contributed by atoms with Gasteiger partial charge < -0.3 is 14.7 Å². The second kappa shape index (κ2) is 6.99. The second-order valence-corrected chi connectivity index (χ2v) is 7.20. The number of amides is 2. The number of rotatable bonds is 2. The number of carbonyl (C=O) groups excluding carboxylic acids is 2. The first kappa shape index (κ1) is 15.8. The summed E-state index contributed by atoms with van der Waals surface area (Å²) in [5.74, 6) is 0.779. The van der Waals surface area contributed by atoms with Crippen molar-refractivity contribution in [3.63, 3.8) is 0 Å². The van der Waals surface area contributed by atoms with Crippen LogP contribution in [0.5, 0.6) is 0 Å². The van der Waals surface area contributed by atoms with Crippen molar-refractivity contribution in [2.45, 2.75) is 51.0 Å². The Bertz CT molecular complexity index is 416. The number of carbonyl (C=O) groups is 2. The van der Waals surface area contributed by atoms with Crippen LogP contribution >= 0.6 is 0 Å². The molecule has 22 heavy (non-hydrogen) atoms. The van der Waals surface area contributed by atoms with Gasteiger partial charge in [-0.15, -0.1) is 0 Å². The molecule has 2 amide bonds. The van der Waals surface area contributed by atoms with E-state index in [-0.39, 0.29) is 18.2 Å². The van der Waals surface area contributed by atoms with Crippen LogP contribution in [0.4, 0.5) is 0 Å². The highest BCUT2D eigenvalue weighted by atomic mass is 16.2. The maximum absolute atomic E-state index is 12.6. The summed E-state index contributed by atoms with van der Waals surface area (Å²) < 4.78 is 0. The van der Waals surface area contributed by atoms with Crippen LogP contribution in [0.3, 0.4) is 0 Å². The third-order valence-electron chi connectivity index (χ3n) is 5.72. The summed E-state index contributed by atoms with van der Waals surface area (Å²) in [6.07, 6.45) is 7.39. The predicted octanol–water partition coefficient (Wildman–Crippen LogP) is 1.33. The maximum Gasteiger partial charge on any atom is 0.232 e. The van der Waals surface area contributed by atoms with Gasteiger partial charge in [0.15, 0.2) is 0 Å². The van der Waals surface area contributed by atoms with Gasteiger partial charge in [0, 0.05) is 38.8 Å². The van der Waals surface area contributed by atoms with Gasteiger partial charge in [-0.05, 0) is 38.6 Å². The highest BCUT2D eigenvalue weighted by Crippen LogP contribution is 2.35. The molecular weight excluding hydrogens is 278 g/mol. The molecule has 0 spiro atoms. The van der Waals surface area contributed by atoms with Crippen molar-refractivity contribution in [3.05, 3.63) is 0 Å². The Morgan fingerprint density at radius 3 is 2.32 bits per heavy atom. The van der Waals surface area contributed by atoms with E-state index in [2.05, 4.69) is 11.9 Å². The molecule has 0 aromatic rings. The van der Waals surface area contributed by atoms with Gasteiger partial charge in [0.2, 0.25) is 11.8 Å². The Morgan fingerprint density at radius 1 is 0.864 bits per heavy atom. The highest BCUT2D eigenvalue weighted by Gasteiger charge is 2.36. The third kappa shape index (κ3) is 3.45. The topological polar surface area (TPSA) is 43.9 Å². The van der Waals surface area contributed by atoms with Gasteiger partial charge in [-0.2, -0.15) is 0 Å². The van der Waals surface area contributed by atoms with Crippen LogP contribution in [0, 0.1) is 5.92 Å². The molecule has 1 aliphatic carbocycles. The Hall–Kier alpha value is -1.10. The largest absolute Gasteiger partial charge is 0.340 e. The summed E-state index contributed by atoms with van der Waals surface area (Å²) >= 11 is 0. The van der Waals surface area contributed by atoms with E-state index in [1.54, 1.807) is 0 Å². The molecule has 2 atom stereocenters. The fourth-order valence-corrected chi connectivity index (χ4v) is 4.33. The van der Waals surface area contributed by atoms with Crippen LogP contribution in [0.2, 0.25) is 0 Å². The molecule has 3 aliphatic rings. The molecule has 0 aromatic carbocycles. The lowest BCUT2D eigenvalue weighted by Crippen LogP contribution is -2.52. The second-order valence-electron chi connectivity index (χ2n) is 7.20. The van der Waals surface area contributed by atoms with Crippen LogP contribution in [-0.4, -0.2) is 72.3 Å². The van der Waals surface area contributed by atoms with Crippen molar-refractivity contribution >= 4 is 11.8 Å². The number of piperazine rings is 1. The van der Waals surface area contributed by atoms with E-state index in [1.807, 2.05) is 9.80 Å². The average molecular weight is 307 g/mol. The minimum atomic E-state index is 0.0241. The third-order valence-corrected chi connectivity index (χ3v) is 5.72. The van der Waals surface area contributed by atoms with Crippen LogP contribution in [0.15, 0.2) is 0 Å². The Labute approximate surface area is 133 Å². The fourth-order valence-electron chi connectivity index (χ4n) is 4.33. The van der Waals surface area contributed by atoms with Crippen molar-refractivity contribution in [3.8, 4) is 0 Å². The first-order valence-electron chi connectivity index (χ1n) is 8.91. The summed E-state index contributed by atoms with van der Waals surface area (Å²) in [5.41, 5.74) is 0. The summed E-state index contributed by atoms with van der Waals surface area (Å²) in [7, 11) is 2.07. The van der Waals surface area contributed by atoms with Crippen molar-refractivity contribution in [1.82, 2.24) is 14.7 Å². The van der Waals surface area contributed by atoms with Gasteiger partial charge in [0.25, 0.3) is 0 Å². The minimum absolute atomic E-state index is 0.0241. The number of nitrogens with zero attached hydrogens (tertiary/aromatic N) is 3. The highest BCUT2D eigenvalue weighted by molar-refractivity contribution is 5.97. The van der Waals surface area contributed by atoms with E-state index in [4.69, 9.17) is 0 Å². The molecule has 0 N–H and O–H groups in total. The molecule has 2 heterocycles. The lowest BCUT2D eigenvalue weighted by Gasteiger charge is -2.44. The van der Waals surface area contributed by atoms with E-state index in [0.29, 0.717) is 12.0 Å². The Balaban J connectivity index is 1.55. The van der Waals surface area contributed by atoms with Gasteiger partial charge in [-0.1, -0.05) is 12.8 Å². The Kier molecular flexibility index (Phi) is 5.01. The number of likely N-dealkylation sites (N-methyl/N-ethyl adjacent to an activating group) is 1. The first-order chi connectivity index (χ1) is 10.6. The zero-order valence-corrected chi connectivity index (χ0v) is 13.8. The molecule has 2 saturated heterocycles. The van der Waals surface area contributed by atoms with Gasteiger partial charge >= 0.3 is 0 Å². The van der Waals surface area contributed by atoms with Crippen molar-refractivity contribution in [2.75, 3.05) is 39.8 Å². The normalized spacial score (nSPS) is 30.0. The van der Waals surface area contributed by atoms with Crippen LogP contribution in [0.1, 0.15) is 44.9 Å². The minimum Gasteiger partial charge on any atom is -0.340 e. The van der Waals surface area contributed by atoms with Crippen molar-refractivity contribution in [2.24, 2.45) is 5.92 Å². The molecule has 5 nitrogen and oxygen atoms in total. The molecule has 5 heteroatoms. The molecule has 0 bridgehead atoms. The monoisotopic (exact) mass is 307 g/mol. The first-order valence-corrected chi connectivity index (χ1v) is 8.91. The van der Waals surface area contributed by atoms with E-state index < -0.39 is 0 Å². The molecule has 0 radical (unpaired) electrons. The predicted molar refractivity (Wildman–Crippen MR) is 85.4 cm³/mol. The number of hydrogen-bond donors (Lipinski definition) is 0. The quantitative estimate of drug-likeness (QED) is 0.723. The number of piperidine rings is 1. The Morgan fingerprint density at radius 2 is 1.55 bits per heavy atom. The molecule has 2 unspecified atom stereocenters. The standard InChI is InChI=1S/C17H29N3O2/c1-18-9-11-19(12-10-18)16(21)13-17(22)20-8-4-6-14-5-2-3-7-15(14)20/h14-15H,2-13H2,1H3. The molecular formula is C17H29N3O2. The zero-order chi connectivity index (χ0) is 15.5. The molecule has 3 rings (SSSR count). The van der Waals surface area contributed by atoms with E-state index in [9.17, 15) is 9.59 Å². The van der Waals surface area contributed by atoms with Gasteiger partial charge in [-0.25, -0.2) is 0 Å². The van der Waals surface area contributed by atoms with Crippen LogP contribution < -0.4 is 0 Å². The van der Waals surface area contributed by atoms with Crippen molar-refractivity contribution < 1.29 is 9.59 Å². The lowest BCUT2D eigenvalue weighted by atomic mass is 9.78. The van der Waals surface area contributed by atoms with E-state index in [1.165, 1.54) is 25.7 Å². The van der Waals surface area contributed by atoms with Gasteiger partial charge in [0.1, 0.15) is 6.42 Å². The SMILES string of the molecule is CN1CCN(C(=O)CC(=O)N2CCCC3CCCCC32)CC1. The summed E-state index contributed by atoms with van der Waals surface area (Å²) in [4.78, 5) is 31.1. The van der Waals surface area contributed by atoms with Crippen LogP contribution in [-0.2, 0) is 9.59 Å². The number of likely N-dealkylation sites (tertiary alicyclic amines) is 1. The van der Waals surface area contributed by atoms with Crippen molar-refractivity contribution in [1.29, 1.82) is 0 Å². The molecule has 2 aliphatic heterocycles. The number of hydrogen-bond acceptors (Lipinski definition) is 3. The summed E-state index contributed by atoms with van der Waals surface area (Å²) in [5, 5.41) is 0. The van der Waals surface area contributed by atoms with Crippen LogP contribution in [0.25, 0.3) is 0 Å². The number of fused-ring (bicyclic) bond motifs is 1. The lowest BCUT2D eigenvalue weighted by molar-refractivity contribution is -0.145. The maximum atomic E-state index is 12.6. The van der Waals surface area contributed by atoms with E-state index >= 15 is 0 Å². The molecule has 3 fully saturated rings. The fraction of sp³-hybridized carbons (Fsp3) is 0.882. The van der Waals surface area contributed by atoms with Gasteiger partial charge in [0.05, 0.1) is 0 Å². The zero-order valence-electron chi connectivity index (χ0n) is 13.8. The summed E-state index contributed by atoms with van der Waals surface area (Å²) in [6.45, 7) is 4.20. The smallest absolute Gasteiger partial charge is 0.232 e.